The van der Waals surface area contributed by atoms with Crippen molar-refractivity contribution in [2.75, 3.05) is 18.9 Å². The second-order valence-electron chi connectivity index (χ2n) is 5.94. The Morgan fingerprint density at radius 3 is 2.57 bits per heavy atom. The van der Waals surface area contributed by atoms with Crippen LogP contribution in [0.15, 0.2) is 18.2 Å². The third kappa shape index (κ3) is 3.15. The maximum atomic E-state index is 11.7. The molecule has 1 aromatic rings. The standard InChI is InChI=1S/C15H21N3O3/c1-10(2)15(6-7-15)9-17-12-8-11(14(19)16-3)4-5-13(12)18(20)21/h4-5,8,10,17H,6-7,9H2,1-3H3,(H,16,19). The van der Waals surface area contributed by atoms with Crippen LogP contribution in [0.1, 0.15) is 37.0 Å². The molecule has 6 heteroatoms. The average molecular weight is 291 g/mol. The van der Waals surface area contributed by atoms with Crippen molar-refractivity contribution >= 4 is 17.3 Å². The topological polar surface area (TPSA) is 84.3 Å². The lowest BCUT2D eigenvalue weighted by atomic mass is 9.92. The molecule has 0 heterocycles. The third-order valence-electron chi connectivity index (χ3n) is 4.43. The minimum absolute atomic E-state index is 0.00205. The van der Waals surface area contributed by atoms with Gasteiger partial charge in [-0.3, -0.25) is 14.9 Å². The fraction of sp³-hybridized carbons (Fsp3) is 0.533. The van der Waals surface area contributed by atoms with Gasteiger partial charge in [-0.05, 0) is 36.3 Å². The van der Waals surface area contributed by atoms with Crippen LogP contribution in [0.3, 0.4) is 0 Å². The SMILES string of the molecule is CNC(=O)c1ccc([N+](=O)[O-])c(NCC2(C(C)C)CC2)c1. The quantitative estimate of drug-likeness (QED) is 0.623. The van der Waals surface area contributed by atoms with Crippen molar-refractivity contribution in [2.24, 2.45) is 11.3 Å². The van der Waals surface area contributed by atoms with E-state index in [4.69, 9.17) is 0 Å². The van der Waals surface area contributed by atoms with Gasteiger partial charge in [-0.1, -0.05) is 13.8 Å². The molecule has 2 rings (SSSR count). The number of carbonyl (C=O) groups excluding carboxylic acids is 1. The molecule has 1 fully saturated rings. The molecule has 0 saturated heterocycles. The summed E-state index contributed by atoms with van der Waals surface area (Å²) in [6.07, 6.45) is 2.28. The molecule has 0 aliphatic heterocycles. The number of nitrogens with one attached hydrogen (secondary N) is 2. The van der Waals surface area contributed by atoms with E-state index in [-0.39, 0.29) is 17.0 Å². The molecule has 0 bridgehead atoms. The van der Waals surface area contributed by atoms with E-state index in [0.717, 1.165) is 12.8 Å². The van der Waals surface area contributed by atoms with Crippen LogP contribution in [0.2, 0.25) is 0 Å². The summed E-state index contributed by atoms with van der Waals surface area (Å²) in [5.41, 5.74) is 1.06. The Bertz CT molecular complexity index is 565. The Hall–Kier alpha value is -2.11. The summed E-state index contributed by atoms with van der Waals surface area (Å²) in [6.45, 7) is 5.04. The van der Waals surface area contributed by atoms with E-state index in [9.17, 15) is 14.9 Å². The van der Waals surface area contributed by atoms with Gasteiger partial charge < -0.3 is 10.6 Å². The number of hydrogen-bond donors (Lipinski definition) is 2. The molecule has 0 unspecified atom stereocenters. The van der Waals surface area contributed by atoms with Crippen molar-refractivity contribution in [3.8, 4) is 0 Å². The monoisotopic (exact) mass is 291 g/mol. The van der Waals surface area contributed by atoms with Gasteiger partial charge in [0, 0.05) is 25.2 Å². The molecular formula is C15H21N3O3. The average Bonchev–Trinajstić information content (AvgIpc) is 3.25. The summed E-state index contributed by atoms with van der Waals surface area (Å²) < 4.78 is 0. The highest BCUT2D eigenvalue weighted by Gasteiger charge is 2.45. The van der Waals surface area contributed by atoms with Gasteiger partial charge in [-0.25, -0.2) is 0 Å². The van der Waals surface area contributed by atoms with Crippen LogP contribution in [0.5, 0.6) is 0 Å². The molecule has 0 radical (unpaired) electrons. The molecule has 1 saturated carbocycles. The Morgan fingerprint density at radius 2 is 2.10 bits per heavy atom. The maximum Gasteiger partial charge on any atom is 0.292 e. The molecule has 21 heavy (non-hydrogen) atoms. The zero-order valence-corrected chi connectivity index (χ0v) is 12.6. The van der Waals surface area contributed by atoms with Crippen molar-refractivity contribution in [3.63, 3.8) is 0 Å². The summed E-state index contributed by atoms with van der Waals surface area (Å²) in [6, 6.07) is 4.40. The van der Waals surface area contributed by atoms with Gasteiger partial charge in [-0.2, -0.15) is 0 Å². The Labute approximate surface area is 124 Å². The van der Waals surface area contributed by atoms with Gasteiger partial charge in [0.05, 0.1) is 4.92 Å². The molecule has 0 atom stereocenters. The first-order valence-corrected chi connectivity index (χ1v) is 7.14. The van der Waals surface area contributed by atoms with E-state index in [0.29, 0.717) is 23.7 Å². The van der Waals surface area contributed by atoms with Crippen molar-refractivity contribution in [1.29, 1.82) is 0 Å². The summed E-state index contributed by atoms with van der Waals surface area (Å²) in [5.74, 6) is 0.282. The number of nitro groups is 1. The zero-order valence-electron chi connectivity index (χ0n) is 12.6. The molecule has 6 nitrogen and oxygen atoms in total. The first kappa shape index (κ1) is 15.3. The van der Waals surface area contributed by atoms with Crippen LogP contribution in [-0.2, 0) is 0 Å². The van der Waals surface area contributed by atoms with Crippen LogP contribution in [0.25, 0.3) is 0 Å². The van der Waals surface area contributed by atoms with Gasteiger partial charge in [0.25, 0.3) is 11.6 Å². The van der Waals surface area contributed by atoms with Crippen molar-refractivity contribution in [3.05, 3.63) is 33.9 Å². The van der Waals surface area contributed by atoms with Gasteiger partial charge in [0.15, 0.2) is 0 Å². The first-order valence-electron chi connectivity index (χ1n) is 7.14. The van der Waals surface area contributed by atoms with E-state index >= 15 is 0 Å². The number of anilines is 1. The number of carbonyl (C=O) groups is 1. The summed E-state index contributed by atoms with van der Waals surface area (Å²) in [7, 11) is 1.54. The fourth-order valence-electron chi connectivity index (χ4n) is 2.51. The number of amides is 1. The normalized spacial score (nSPS) is 15.6. The lowest BCUT2D eigenvalue weighted by Crippen LogP contribution is -2.22. The van der Waals surface area contributed by atoms with Crippen LogP contribution in [0, 0.1) is 21.4 Å². The third-order valence-corrected chi connectivity index (χ3v) is 4.43. The van der Waals surface area contributed by atoms with Crippen LogP contribution < -0.4 is 10.6 Å². The lowest BCUT2D eigenvalue weighted by Gasteiger charge is -2.20. The number of rotatable bonds is 6. The van der Waals surface area contributed by atoms with Gasteiger partial charge in [0.1, 0.15) is 5.69 Å². The predicted molar refractivity (Wildman–Crippen MR) is 81.5 cm³/mol. The predicted octanol–water partition coefficient (Wildman–Crippen LogP) is 2.80. The highest BCUT2D eigenvalue weighted by molar-refractivity contribution is 5.95. The van der Waals surface area contributed by atoms with Crippen molar-refractivity contribution in [1.82, 2.24) is 5.32 Å². The molecule has 1 aliphatic rings. The summed E-state index contributed by atoms with van der Waals surface area (Å²) in [5, 5.41) is 16.8. The van der Waals surface area contributed by atoms with Crippen molar-refractivity contribution < 1.29 is 9.72 Å². The van der Waals surface area contributed by atoms with Crippen LogP contribution in [0.4, 0.5) is 11.4 Å². The Kier molecular flexibility index (Phi) is 4.16. The van der Waals surface area contributed by atoms with Crippen molar-refractivity contribution in [2.45, 2.75) is 26.7 Å². The van der Waals surface area contributed by atoms with Gasteiger partial charge in [0.2, 0.25) is 0 Å². The number of nitrogens with zero attached hydrogens (tertiary/aromatic N) is 1. The first-order chi connectivity index (χ1) is 9.89. The van der Waals surface area contributed by atoms with E-state index in [1.807, 2.05) is 0 Å². The minimum Gasteiger partial charge on any atom is -0.379 e. The second-order valence-corrected chi connectivity index (χ2v) is 5.94. The number of benzene rings is 1. The second kappa shape index (κ2) is 5.71. The molecule has 1 aromatic carbocycles. The molecule has 0 spiro atoms. The molecular weight excluding hydrogens is 270 g/mol. The molecule has 0 aromatic heterocycles. The Morgan fingerprint density at radius 1 is 1.43 bits per heavy atom. The molecule has 2 N–H and O–H groups in total. The molecule has 1 amide bonds. The largest absolute Gasteiger partial charge is 0.379 e. The molecule has 1 aliphatic carbocycles. The van der Waals surface area contributed by atoms with Gasteiger partial charge >= 0.3 is 0 Å². The summed E-state index contributed by atoms with van der Waals surface area (Å²) >= 11 is 0. The van der Waals surface area contributed by atoms with E-state index in [1.54, 1.807) is 6.07 Å². The highest BCUT2D eigenvalue weighted by atomic mass is 16.6. The zero-order chi connectivity index (χ0) is 15.6. The van der Waals surface area contributed by atoms with E-state index < -0.39 is 4.92 Å². The van der Waals surface area contributed by atoms with Crippen LogP contribution in [-0.4, -0.2) is 24.4 Å². The fourth-order valence-corrected chi connectivity index (χ4v) is 2.51. The van der Waals surface area contributed by atoms with Crippen LogP contribution >= 0.6 is 0 Å². The summed E-state index contributed by atoms with van der Waals surface area (Å²) in [4.78, 5) is 22.3. The molecule has 114 valence electrons. The lowest BCUT2D eigenvalue weighted by molar-refractivity contribution is -0.384. The highest BCUT2D eigenvalue weighted by Crippen LogP contribution is 2.51. The number of nitro benzene ring substituents is 1. The smallest absolute Gasteiger partial charge is 0.292 e. The van der Waals surface area contributed by atoms with E-state index in [1.165, 1.54) is 19.2 Å². The van der Waals surface area contributed by atoms with Gasteiger partial charge in [-0.15, -0.1) is 0 Å². The Balaban J connectivity index is 2.23. The van der Waals surface area contributed by atoms with E-state index in [2.05, 4.69) is 24.5 Å². The minimum atomic E-state index is -0.426. The maximum absolute atomic E-state index is 11.7. The number of hydrogen-bond acceptors (Lipinski definition) is 4.